The highest BCUT2D eigenvalue weighted by atomic mass is 16.5. The Bertz CT molecular complexity index is 647. The lowest BCUT2D eigenvalue weighted by Gasteiger charge is -2.30. The molecule has 0 saturated heterocycles. The van der Waals surface area contributed by atoms with Gasteiger partial charge in [-0.1, -0.05) is 32.0 Å². The van der Waals surface area contributed by atoms with Crippen LogP contribution in [-0.2, 0) is 19.4 Å². The fourth-order valence-electron chi connectivity index (χ4n) is 2.87. The molecular formula is C19H23NO2. The summed E-state index contributed by atoms with van der Waals surface area (Å²) in [5, 5.41) is 0. The monoisotopic (exact) mass is 297 g/mol. The predicted molar refractivity (Wildman–Crippen MR) is 87.4 cm³/mol. The second-order valence-corrected chi connectivity index (χ2v) is 6.73. The Balaban J connectivity index is 1.68. The largest absolute Gasteiger partial charge is 0.497 e. The second-order valence-electron chi connectivity index (χ2n) is 6.73. The molecule has 0 amide bonds. The van der Waals surface area contributed by atoms with Crippen molar-refractivity contribution in [3.8, 4) is 11.6 Å². The number of pyridine rings is 1. The van der Waals surface area contributed by atoms with Crippen molar-refractivity contribution in [2.45, 2.75) is 39.7 Å². The minimum absolute atomic E-state index is 0.342. The number of aromatic nitrogens is 1. The van der Waals surface area contributed by atoms with Crippen LogP contribution >= 0.6 is 0 Å². The van der Waals surface area contributed by atoms with Gasteiger partial charge in [-0.2, -0.15) is 0 Å². The van der Waals surface area contributed by atoms with E-state index in [1.54, 1.807) is 7.11 Å². The molecule has 1 aliphatic rings. The van der Waals surface area contributed by atoms with E-state index < -0.39 is 0 Å². The smallest absolute Gasteiger partial charge is 0.213 e. The van der Waals surface area contributed by atoms with Crippen LogP contribution in [0.2, 0.25) is 0 Å². The normalized spacial score (nSPS) is 16.0. The maximum atomic E-state index is 5.85. The molecule has 1 aromatic heterocycles. The maximum absolute atomic E-state index is 5.85. The van der Waals surface area contributed by atoms with Crippen LogP contribution in [0.15, 0.2) is 36.4 Å². The van der Waals surface area contributed by atoms with Gasteiger partial charge in [-0.25, -0.2) is 4.98 Å². The van der Waals surface area contributed by atoms with Gasteiger partial charge in [-0.15, -0.1) is 0 Å². The van der Waals surface area contributed by atoms with Crippen LogP contribution in [0.1, 0.15) is 37.1 Å². The van der Waals surface area contributed by atoms with Gasteiger partial charge in [0.2, 0.25) is 5.88 Å². The van der Waals surface area contributed by atoms with Crippen LogP contribution in [0.25, 0.3) is 0 Å². The first-order chi connectivity index (χ1) is 10.6. The highest BCUT2D eigenvalue weighted by Crippen LogP contribution is 2.34. The second kappa shape index (κ2) is 5.99. The Morgan fingerprint density at radius 3 is 2.59 bits per heavy atom. The summed E-state index contributed by atoms with van der Waals surface area (Å²) in [5.41, 5.74) is 4.02. The van der Waals surface area contributed by atoms with Crippen LogP contribution in [0.3, 0.4) is 0 Å². The molecular weight excluding hydrogens is 274 g/mol. The van der Waals surface area contributed by atoms with Crippen molar-refractivity contribution >= 4 is 0 Å². The number of ether oxygens (including phenoxy) is 2. The molecule has 0 spiro atoms. The van der Waals surface area contributed by atoms with Gasteiger partial charge in [0.15, 0.2) is 0 Å². The molecule has 1 aromatic carbocycles. The Kier molecular flexibility index (Phi) is 4.06. The fraction of sp³-hybridized carbons (Fsp3) is 0.421. The molecule has 1 heterocycles. The summed E-state index contributed by atoms with van der Waals surface area (Å²) in [6.07, 6.45) is 3.38. The zero-order valence-corrected chi connectivity index (χ0v) is 13.6. The maximum Gasteiger partial charge on any atom is 0.213 e. The molecule has 2 aromatic rings. The highest BCUT2D eigenvalue weighted by Gasteiger charge is 2.26. The molecule has 0 saturated carbocycles. The molecule has 0 unspecified atom stereocenters. The first-order valence-corrected chi connectivity index (χ1v) is 7.80. The summed E-state index contributed by atoms with van der Waals surface area (Å²) in [6.45, 7) is 5.14. The Morgan fingerprint density at radius 2 is 1.86 bits per heavy atom. The van der Waals surface area contributed by atoms with Gasteiger partial charge in [0, 0.05) is 11.8 Å². The summed E-state index contributed by atoms with van der Waals surface area (Å²) in [6, 6.07) is 12.1. The molecule has 3 heteroatoms. The predicted octanol–water partition coefficient (Wildman–Crippen LogP) is 4.18. The molecule has 22 heavy (non-hydrogen) atoms. The van der Waals surface area contributed by atoms with Crippen LogP contribution in [0.5, 0.6) is 11.6 Å². The van der Waals surface area contributed by atoms with Crippen LogP contribution in [0, 0.1) is 5.41 Å². The zero-order valence-electron chi connectivity index (χ0n) is 13.6. The molecule has 0 N–H and O–H groups in total. The van der Waals surface area contributed by atoms with Crippen molar-refractivity contribution in [3.05, 3.63) is 53.2 Å². The van der Waals surface area contributed by atoms with E-state index in [-0.39, 0.29) is 0 Å². The molecule has 1 aliphatic carbocycles. The van der Waals surface area contributed by atoms with E-state index in [2.05, 4.69) is 19.9 Å². The third kappa shape index (κ3) is 3.41. The third-order valence-corrected chi connectivity index (χ3v) is 4.31. The number of methoxy groups -OCH3 is 1. The lowest BCUT2D eigenvalue weighted by atomic mass is 9.76. The highest BCUT2D eigenvalue weighted by molar-refractivity contribution is 5.30. The fourth-order valence-corrected chi connectivity index (χ4v) is 2.87. The van der Waals surface area contributed by atoms with Gasteiger partial charge in [-0.05, 0) is 47.9 Å². The van der Waals surface area contributed by atoms with Gasteiger partial charge < -0.3 is 9.47 Å². The molecule has 0 aliphatic heterocycles. The number of hydrogen-bond donors (Lipinski definition) is 0. The first kappa shape index (κ1) is 14.9. The topological polar surface area (TPSA) is 31.4 Å². The zero-order chi connectivity index (χ0) is 15.6. The minimum atomic E-state index is 0.342. The number of fused-ring (bicyclic) bond motifs is 1. The number of aryl methyl sites for hydroxylation is 1. The Morgan fingerprint density at radius 1 is 1.09 bits per heavy atom. The number of benzene rings is 1. The SMILES string of the molecule is COc1ccc(COc2ccc3c(n2)CC(C)(C)CC3)cc1. The van der Waals surface area contributed by atoms with Crippen molar-refractivity contribution in [2.75, 3.05) is 7.11 Å². The van der Waals surface area contributed by atoms with Crippen LogP contribution in [-0.4, -0.2) is 12.1 Å². The van der Waals surface area contributed by atoms with E-state index >= 15 is 0 Å². The molecule has 3 rings (SSSR count). The average Bonchev–Trinajstić information content (AvgIpc) is 2.52. The van der Waals surface area contributed by atoms with Gasteiger partial charge in [-0.3, -0.25) is 0 Å². The first-order valence-electron chi connectivity index (χ1n) is 7.80. The molecule has 0 atom stereocenters. The Labute approximate surface area is 132 Å². The van der Waals surface area contributed by atoms with Crippen molar-refractivity contribution < 1.29 is 9.47 Å². The van der Waals surface area contributed by atoms with Crippen molar-refractivity contribution in [3.63, 3.8) is 0 Å². The van der Waals surface area contributed by atoms with Gasteiger partial charge in [0.05, 0.1) is 7.11 Å². The molecule has 116 valence electrons. The van der Waals surface area contributed by atoms with E-state index in [0.29, 0.717) is 17.9 Å². The Hall–Kier alpha value is -2.03. The van der Waals surface area contributed by atoms with Crippen LogP contribution in [0.4, 0.5) is 0 Å². The molecule has 3 nitrogen and oxygen atoms in total. The number of rotatable bonds is 4. The lowest BCUT2D eigenvalue weighted by molar-refractivity contribution is 0.282. The molecule has 0 radical (unpaired) electrons. The quantitative estimate of drug-likeness (QED) is 0.848. The summed E-state index contributed by atoms with van der Waals surface area (Å²) in [5.74, 6) is 1.57. The molecule has 0 bridgehead atoms. The molecule has 0 fully saturated rings. The van der Waals surface area contributed by atoms with Crippen LogP contribution < -0.4 is 9.47 Å². The summed E-state index contributed by atoms with van der Waals surface area (Å²) >= 11 is 0. The van der Waals surface area contributed by atoms with Gasteiger partial charge in [0.1, 0.15) is 12.4 Å². The van der Waals surface area contributed by atoms with Crippen molar-refractivity contribution in [2.24, 2.45) is 5.41 Å². The number of hydrogen-bond acceptors (Lipinski definition) is 3. The third-order valence-electron chi connectivity index (χ3n) is 4.31. The van der Waals surface area contributed by atoms with E-state index in [1.807, 2.05) is 30.3 Å². The average molecular weight is 297 g/mol. The van der Waals surface area contributed by atoms with E-state index in [1.165, 1.54) is 17.7 Å². The lowest BCUT2D eigenvalue weighted by Crippen LogP contribution is -2.23. The van der Waals surface area contributed by atoms with Crippen molar-refractivity contribution in [1.29, 1.82) is 0 Å². The van der Waals surface area contributed by atoms with Crippen molar-refractivity contribution in [1.82, 2.24) is 4.98 Å². The van der Waals surface area contributed by atoms with E-state index in [4.69, 9.17) is 14.5 Å². The van der Waals surface area contributed by atoms with E-state index in [9.17, 15) is 0 Å². The number of nitrogens with zero attached hydrogens (tertiary/aromatic N) is 1. The van der Waals surface area contributed by atoms with Gasteiger partial charge in [0.25, 0.3) is 0 Å². The summed E-state index contributed by atoms with van der Waals surface area (Å²) < 4.78 is 11.0. The van der Waals surface area contributed by atoms with E-state index in [0.717, 1.165) is 24.2 Å². The minimum Gasteiger partial charge on any atom is -0.497 e. The van der Waals surface area contributed by atoms with Gasteiger partial charge >= 0.3 is 0 Å². The summed E-state index contributed by atoms with van der Waals surface area (Å²) in [4.78, 5) is 4.71. The standard InChI is InChI=1S/C19H23NO2/c1-19(2)11-10-15-6-9-18(20-17(15)12-19)22-13-14-4-7-16(21-3)8-5-14/h4-9H,10-13H2,1-3H3. The summed E-state index contributed by atoms with van der Waals surface area (Å²) in [7, 11) is 1.67.